The maximum atomic E-state index is 5.99. The van der Waals surface area contributed by atoms with E-state index in [2.05, 4.69) is 50.9 Å². The molecule has 7 heteroatoms. The summed E-state index contributed by atoms with van der Waals surface area (Å²) in [5.74, 6) is 2.55. The normalized spacial score (nSPS) is 23.3. The van der Waals surface area contributed by atoms with Gasteiger partial charge in [-0.05, 0) is 66.0 Å². The maximum absolute atomic E-state index is 5.99. The van der Waals surface area contributed by atoms with Crippen molar-refractivity contribution in [2.45, 2.75) is 51.4 Å². The van der Waals surface area contributed by atoms with Crippen molar-refractivity contribution in [1.29, 1.82) is 0 Å². The Labute approximate surface area is 185 Å². The first-order valence-corrected chi connectivity index (χ1v) is 11.7. The molecule has 0 radical (unpaired) electrons. The van der Waals surface area contributed by atoms with Crippen LogP contribution in [-0.2, 0) is 0 Å². The molecular weight excluding hydrogens is 450 g/mol. The fourth-order valence-electron chi connectivity index (χ4n) is 3.97. The number of pyridine rings is 1. The second-order valence-electron chi connectivity index (χ2n) is 7.54. The molecule has 3 unspecified atom stereocenters. The molecule has 0 saturated carbocycles. The van der Waals surface area contributed by atoms with Gasteiger partial charge in [-0.3, -0.25) is 9.98 Å². The molecule has 4 rings (SSSR count). The second-order valence-corrected chi connectivity index (χ2v) is 9.38. The Kier molecular flexibility index (Phi) is 6.06. The molecule has 0 amide bonds. The number of thioether (sulfide) groups is 1. The van der Waals surface area contributed by atoms with E-state index in [4.69, 9.17) is 14.5 Å². The zero-order valence-corrected chi connectivity index (χ0v) is 19.5. The zero-order valence-electron chi connectivity index (χ0n) is 17.1. The third kappa shape index (κ3) is 3.87. The van der Waals surface area contributed by atoms with Crippen LogP contribution in [0.2, 0.25) is 0 Å². The van der Waals surface area contributed by atoms with E-state index in [9.17, 15) is 0 Å². The van der Waals surface area contributed by atoms with E-state index in [-0.39, 0.29) is 18.2 Å². The number of amidine groups is 1. The third-order valence-electron chi connectivity index (χ3n) is 5.28. The molecule has 2 aliphatic heterocycles. The van der Waals surface area contributed by atoms with E-state index in [1.165, 1.54) is 0 Å². The monoisotopic (exact) mass is 475 g/mol. The molecule has 3 heterocycles. The molecule has 1 aromatic carbocycles. The first kappa shape index (κ1) is 20.5. The van der Waals surface area contributed by atoms with Gasteiger partial charge in [-0.25, -0.2) is 0 Å². The Morgan fingerprint density at radius 2 is 2.14 bits per heavy atom. The molecule has 5 nitrogen and oxygen atoms in total. The molecule has 0 N–H and O–H groups in total. The SMILES string of the molecule is CCC1CSC2=NC(c3ccccn3)C(c3cc(Br)c(OC(C)C)c(OC)c3)N21. The van der Waals surface area contributed by atoms with Gasteiger partial charge in [0, 0.05) is 18.0 Å². The zero-order chi connectivity index (χ0) is 20.5. The second kappa shape index (κ2) is 8.56. The van der Waals surface area contributed by atoms with Crippen LogP contribution in [0, 0.1) is 0 Å². The number of halogens is 1. The molecular formula is C22H26BrN3O2S. The first-order valence-electron chi connectivity index (χ1n) is 9.97. The lowest BCUT2D eigenvalue weighted by atomic mass is 9.95. The van der Waals surface area contributed by atoms with Gasteiger partial charge in [-0.15, -0.1) is 0 Å². The smallest absolute Gasteiger partial charge is 0.175 e. The maximum Gasteiger partial charge on any atom is 0.175 e. The number of benzene rings is 1. The summed E-state index contributed by atoms with van der Waals surface area (Å²) in [6.07, 6.45) is 2.99. The van der Waals surface area contributed by atoms with Gasteiger partial charge in [0.2, 0.25) is 0 Å². The molecule has 29 heavy (non-hydrogen) atoms. The highest BCUT2D eigenvalue weighted by molar-refractivity contribution is 9.10. The Balaban J connectivity index is 1.80. The molecule has 0 bridgehead atoms. The van der Waals surface area contributed by atoms with Gasteiger partial charge in [-0.1, -0.05) is 24.8 Å². The quantitative estimate of drug-likeness (QED) is 0.542. The summed E-state index contributed by atoms with van der Waals surface area (Å²) in [6.45, 7) is 6.28. The molecule has 2 aliphatic rings. The minimum atomic E-state index is -0.0403. The van der Waals surface area contributed by atoms with Crippen LogP contribution >= 0.6 is 27.7 Å². The van der Waals surface area contributed by atoms with Crippen molar-refractivity contribution >= 4 is 32.9 Å². The summed E-state index contributed by atoms with van der Waals surface area (Å²) in [6, 6.07) is 10.8. The lowest BCUT2D eigenvalue weighted by Crippen LogP contribution is -2.35. The van der Waals surface area contributed by atoms with Crippen LogP contribution in [0.25, 0.3) is 0 Å². The van der Waals surface area contributed by atoms with Crippen LogP contribution in [0.5, 0.6) is 11.5 Å². The largest absolute Gasteiger partial charge is 0.493 e. The van der Waals surface area contributed by atoms with E-state index >= 15 is 0 Å². The van der Waals surface area contributed by atoms with E-state index < -0.39 is 0 Å². The van der Waals surface area contributed by atoms with Gasteiger partial charge in [0.15, 0.2) is 16.7 Å². The van der Waals surface area contributed by atoms with Gasteiger partial charge in [-0.2, -0.15) is 0 Å². The molecule has 1 fully saturated rings. The molecule has 3 atom stereocenters. The number of nitrogens with zero attached hydrogens (tertiary/aromatic N) is 3. The summed E-state index contributed by atoms with van der Waals surface area (Å²) >= 11 is 5.56. The van der Waals surface area contributed by atoms with Gasteiger partial charge in [0.1, 0.15) is 6.04 Å². The average Bonchev–Trinajstić information content (AvgIpc) is 3.28. The highest BCUT2D eigenvalue weighted by Crippen LogP contribution is 2.50. The Hall–Kier alpha value is -1.73. The summed E-state index contributed by atoms with van der Waals surface area (Å²) in [5.41, 5.74) is 2.15. The highest BCUT2D eigenvalue weighted by atomic mass is 79.9. The third-order valence-corrected chi connectivity index (χ3v) is 6.99. The Morgan fingerprint density at radius 3 is 2.79 bits per heavy atom. The lowest BCUT2D eigenvalue weighted by molar-refractivity contribution is 0.226. The molecule has 1 saturated heterocycles. The topological polar surface area (TPSA) is 47.0 Å². The Morgan fingerprint density at radius 1 is 1.31 bits per heavy atom. The standard InChI is InChI=1S/C22H26BrN3O2S/c1-5-15-12-29-22-25-19(17-8-6-7-9-24-17)20(26(15)22)14-10-16(23)21(28-13(2)3)18(11-14)27-4/h6-11,13,15,19-20H,5,12H2,1-4H3. The Bertz CT molecular complexity index is 906. The summed E-state index contributed by atoms with van der Waals surface area (Å²) < 4.78 is 12.6. The predicted octanol–water partition coefficient (Wildman–Crippen LogP) is 5.62. The molecule has 1 aromatic heterocycles. The molecule has 0 spiro atoms. The van der Waals surface area contributed by atoms with Crippen molar-refractivity contribution in [3.63, 3.8) is 0 Å². The van der Waals surface area contributed by atoms with Gasteiger partial charge in [0.25, 0.3) is 0 Å². The van der Waals surface area contributed by atoms with E-state index in [1.807, 2.05) is 43.9 Å². The van der Waals surface area contributed by atoms with Crippen molar-refractivity contribution in [3.05, 3.63) is 52.3 Å². The first-order chi connectivity index (χ1) is 14.0. The van der Waals surface area contributed by atoms with Crippen LogP contribution in [0.4, 0.5) is 0 Å². The van der Waals surface area contributed by atoms with Crippen molar-refractivity contribution in [1.82, 2.24) is 9.88 Å². The fraction of sp³-hybridized carbons (Fsp3) is 0.455. The number of aliphatic imine (C=N–C) groups is 1. The van der Waals surface area contributed by atoms with Gasteiger partial charge < -0.3 is 14.4 Å². The van der Waals surface area contributed by atoms with Crippen LogP contribution in [-0.4, -0.2) is 40.1 Å². The van der Waals surface area contributed by atoms with Gasteiger partial charge in [0.05, 0.1) is 29.4 Å². The van der Waals surface area contributed by atoms with Crippen LogP contribution in [0.1, 0.15) is 50.5 Å². The lowest BCUT2D eigenvalue weighted by Gasteiger charge is -2.32. The van der Waals surface area contributed by atoms with Crippen LogP contribution in [0.3, 0.4) is 0 Å². The van der Waals surface area contributed by atoms with Crippen molar-refractivity contribution in [2.24, 2.45) is 4.99 Å². The molecule has 0 aliphatic carbocycles. The number of fused-ring (bicyclic) bond motifs is 1. The number of hydrogen-bond donors (Lipinski definition) is 0. The van der Waals surface area contributed by atoms with E-state index in [0.717, 1.165) is 44.6 Å². The van der Waals surface area contributed by atoms with Crippen molar-refractivity contribution < 1.29 is 9.47 Å². The van der Waals surface area contributed by atoms with E-state index in [0.29, 0.717) is 6.04 Å². The molecule has 2 aromatic rings. The summed E-state index contributed by atoms with van der Waals surface area (Å²) in [5, 5.41) is 1.12. The predicted molar refractivity (Wildman–Crippen MR) is 122 cm³/mol. The number of rotatable bonds is 6. The highest BCUT2D eigenvalue weighted by Gasteiger charge is 2.45. The van der Waals surface area contributed by atoms with Crippen molar-refractivity contribution in [2.75, 3.05) is 12.9 Å². The summed E-state index contributed by atoms with van der Waals surface area (Å²) in [4.78, 5) is 12.2. The number of aromatic nitrogens is 1. The number of hydrogen-bond acceptors (Lipinski definition) is 6. The van der Waals surface area contributed by atoms with Crippen LogP contribution in [0.15, 0.2) is 46.0 Å². The van der Waals surface area contributed by atoms with Gasteiger partial charge >= 0.3 is 0 Å². The number of methoxy groups -OCH3 is 1. The van der Waals surface area contributed by atoms with E-state index in [1.54, 1.807) is 7.11 Å². The average molecular weight is 476 g/mol. The van der Waals surface area contributed by atoms with Crippen LogP contribution < -0.4 is 9.47 Å². The minimum absolute atomic E-state index is 0.0403. The number of ether oxygens (including phenoxy) is 2. The fourth-order valence-corrected chi connectivity index (χ4v) is 5.86. The summed E-state index contributed by atoms with van der Waals surface area (Å²) in [7, 11) is 1.69. The minimum Gasteiger partial charge on any atom is -0.493 e. The van der Waals surface area contributed by atoms with Crippen molar-refractivity contribution in [3.8, 4) is 11.5 Å². The molecule has 154 valence electrons.